The highest BCUT2D eigenvalue weighted by Gasteiger charge is 2.24. The number of aromatic nitrogens is 1. The maximum Gasteiger partial charge on any atom is 0.355 e. The van der Waals surface area contributed by atoms with Crippen molar-refractivity contribution in [2.24, 2.45) is 0 Å². The Labute approximate surface area is 162 Å². The summed E-state index contributed by atoms with van der Waals surface area (Å²) in [5.41, 5.74) is 6.05. The molecule has 3 nitrogen and oxygen atoms in total. The molecule has 0 saturated carbocycles. The van der Waals surface area contributed by atoms with Gasteiger partial charge < -0.3 is 9.72 Å². The summed E-state index contributed by atoms with van der Waals surface area (Å²) in [5.74, 6) is -0.372. The fourth-order valence-electron chi connectivity index (χ4n) is 3.38. The first-order valence-corrected chi connectivity index (χ1v) is 9.20. The Morgan fingerprint density at radius 1 is 0.926 bits per heavy atom. The molecule has 0 bridgehead atoms. The quantitative estimate of drug-likeness (QED) is 0.426. The van der Waals surface area contributed by atoms with Crippen molar-refractivity contribution < 1.29 is 9.53 Å². The summed E-state index contributed by atoms with van der Waals surface area (Å²) in [6.07, 6.45) is 0. The lowest BCUT2D eigenvalue weighted by Gasteiger charge is -2.19. The molecule has 4 heteroatoms. The summed E-state index contributed by atoms with van der Waals surface area (Å²) in [5, 5.41) is 0.644. The van der Waals surface area contributed by atoms with Crippen molar-refractivity contribution in [1.29, 1.82) is 0 Å². The molecule has 4 rings (SSSR count). The molecular weight excluding hydrogens is 358 g/mol. The molecule has 1 N–H and O–H groups in total. The Bertz CT molecular complexity index is 1070. The summed E-state index contributed by atoms with van der Waals surface area (Å²) in [7, 11) is 0. The van der Waals surface area contributed by atoms with E-state index in [9.17, 15) is 4.79 Å². The maximum absolute atomic E-state index is 12.8. The summed E-state index contributed by atoms with van der Waals surface area (Å²) < 4.78 is 5.33. The zero-order chi connectivity index (χ0) is 18.8. The third-order valence-electron chi connectivity index (χ3n) is 4.51. The van der Waals surface area contributed by atoms with Crippen molar-refractivity contribution in [2.45, 2.75) is 6.92 Å². The molecule has 0 unspecified atom stereocenters. The summed E-state index contributed by atoms with van der Waals surface area (Å²) in [6, 6.07) is 23.5. The fraction of sp³-hybridized carbons (Fsp3) is 0.0870. The van der Waals surface area contributed by atoms with E-state index in [4.69, 9.17) is 16.3 Å². The van der Waals surface area contributed by atoms with Crippen LogP contribution < -0.4 is 0 Å². The lowest BCUT2D eigenvalue weighted by Crippen LogP contribution is -2.11. The average Bonchev–Trinajstić information content (AvgIpc) is 3.17. The van der Waals surface area contributed by atoms with Gasteiger partial charge in [0, 0.05) is 21.7 Å². The van der Waals surface area contributed by atoms with Crippen LogP contribution in [0.3, 0.4) is 0 Å². The van der Waals surface area contributed by atoms with Crippen LogP contribution in [0.25, 0.3) is 33.5 Å². The van der Waals surface area contributed by atoms with Gasteiger partial charge in [-0.15, -0.1) is 0 Å². The van der Waals surface area contributed by atoms with Gasteiger partial charge in [-0.05, 0) is 30.2 Å². The van der Waals surface area contributed by atoms with E-state index < -0.39 is 0 Å². The van der Waals surface area contributed by atoms with Crippen LogP contribution in [0.2, 0.25) is 5.02 Å². The molecule has 0 radical (unpaired) electrons. The Morgan fingerprint density at radius 3 is 2.37 bits per heavy atom. The van der Waals surface area contributed by atoms with E-state index in [1.807, 2.05) is 72.8 Å². The van der Waals surface area contributed by atoms with Crippen molar-refractivity contribution in [3.05, 3.63) is 83.5 Å². The van der Waals surface area contributed by atoms with Gasteiger partial charge in [-0.1, -0.05) is 72.3 Å². The van der Waals surface area contributed by atoms with E-state index in [1.54, 1.807) is 6.92 Å². The first-order chi connectivity index (χ1) is 13.2. The molecule has 27 heavy (non-hydrogen) atoms. The number of nitrogens with one attached hydrogen (secondary N) is 1. The molecule has 0 aromatic heterocycles. The number of hydrogen-bond donors (Lipinski definition) is 1. The van der Waals surface area contributed by atoms with Crippen LogP contribution in [0.4, 0.5) is 0 Å². The highest BCUT2D eigenvalue weighted by atomic mass is 35.5. The van der Waals surface area contributed by atoms with Gasteiger partial charge in [-0.3, -0.25) is 0 Å². The monoisotopic (exact) mass is 375 g/mol. The zero-order valence-electron chi connectivity index (χ0n) is 14.8. The van der Waals surface area contributed by atoms with Crippen LogP contribution in [0, 0.1) is 0 Å². The Hall–Kier alpha value is -3.04. The SMILES string of the molecule is CCOC(=O)c1[nH]c(-c2cccc(Cl)c2)c2cccc-2c1-c1ccccc1. The Kier molecular flexibility index (Phi) is 4.69. The molecule has 1 aliphatic heterocycles. The molecule has 0 spiro atoms. The van der Waals surface area contributed by atoms with E-state index in [0.29, 0.717) is 17.3 Å². The first-order valence-electron chi connectivity index (χ1n) is 8.82. The number of carbonyl (C=O) groups is 1. The molecule has 2 aromatic carbocycles. The highest BCUT2D eigenvalue weighted by molar-refractivity contribution is 6.30. The third kappa shape index (κ3) is 3.22. The van der Waals surface area contributed by atoms with E-state index in [-0.39, 0.29) is 5.97 Å². The van der Waals surface area contributed by atoms with Crippen molar-refractivity contribution in [3.63, 3.8) is 0 Å². The van der Waals surface area contributed by atoms with Gasteiger partial charge in [-0.2, -0.15) is 0 Å². The standard InChI is InChI=1S/C23H18ClNO2/c1-2-27-23(26)22-20(15-8-4-3-5-9-15)18-12-7-13-19(18)21(25-22)16-10-6-11-17(24)14-16/h3-14,25H,2H2,1H3. The van der Waals surface area contributed by atoms with Crippen molar-refractivity contribution in [2.75, 3.05) is 6.61 Å². The topological polar surface area (TPSA) is 42.1 Å². The Balaban J connectivity index is 2.03. The predicted molar refractivity (Wildman–Crippen MR) is 109 cm³/mol. The number of aromatic amines is 1. The molecule has 1 aliphatic carbocycles. The van der Waals surface area contributed by atoms with Crippen molar-refractivity contribution in [1.82, 2.24) is 4.98 Å². The van der Waals surface area contributed by atoms with E-state index >= 15 is 0 Å². The third-order valence-corrected chi connectivity index (χ3v) is 4.75. The van der Waals surface area contributed by atoms with E-state index in [1.165, 1.54) is 0 Å². The smallest absolute Gasteiger partial charge is 0.355 e. The zero-order valence-corrected chi connectivity index (χ0v) is 15.6. The van der Waals surface area contributed by atoms with E-state index in [2.05, 4.69) is 4.98 Å². The number of hydrogen-bond acceptors (Lipinski definition) is 2. The van der Waals surface area contributed by atoms with Crippen LogP contribution in [0.5, 0.6) is 0 Å². The normalized spacial score (nSPS) is 10.9. The number of halogens is 1. The minimum absolute atomic E-state index is 0.312. The highest BCUT2D eigenvalue weighted by Crippen LogP contribution is 2.42. The number of ether oxygens (including phenoxy) is 1. The minimum Gasteiger partial charge on any atom is -0.461 e. The van der Waals surface area contributed by atoms with Gasteiger partial charge in [0.25, 0.3) is 0 Å². The largest absolute Gasteiger partial charge is 0.461 e. The van der Waals surface area contributed by atoms with Crippen LogP contribution in [0.15, 0.2) is 72.8 Å². The number of H-pyrrole nitrogens is 1. The van der Waals surface area contributed by atoms with Gasteiger partial charge in [0.2, 0.25) is 0 Å². The van der Waals surface area contributed by atoms with Crippen molar-refractivity contribution in [3.8, 4) is 33.5 Å². The van der Waals surface area contributed by atoms with Gasteiger partial charge in [0.1, 0.15) is 5.69 Å². The lowest BCUT2D eigenvalue weighted by atomic mass is 9.92. The van der Waals surface area contributed by atoms with Crippen LogP contribution in [-0.4, -0.2) is 17.6 Å². The average molecular weight is 376 g/mol. The molecule has 0 atom stereocenters. The number of carbonyl (C=O) groups excluding carboxylic acids is 1. The Morgan fingerprint density at radius 2 is 1.63 bits per heavy atom. The molecule has 0 saturated heterocycles. The minimum atomic E-state index is -0.372. The first kappa shape index (κ1) is 17.4. The van der Waals surface area contributed by atoms with Gasteiger partial charge in [-0.25, -0.2) is 4.79 Å². The van der Waals surface area contributed by atoms with Crippen molar-refractivity contribution >= 4 is 17.6 Å². The van der Waals surface area contributed by atoms with Crippen LogP contribution >= 0.6 is 11.6 Å². The number of pyridine rings is 1. The summed E-state index contributed by atoms with van der Waals surface area (Å²) in [6.45, 7) is 2.12. The molecule has 134 valence electrons. The second-order valence-corrected chi connectivity index (χ2v) is 6.64. The summed E-state index contributed by atoms with van der Waals surface area (Å²) >= 11 is 6.19. The predicted octanol–water partition coefficient (Wildman–Crippen LogP) is 6.28. The second kappa shape index (κ2) is 7.29. The number of rotatable bonds is 4. The lowest BCUT2D eigenvalue weighted by molar-refractivity contribution is 0.0520. The van der Waals surface area contributed by atoms with Crippen LogP contribution in [0.1, 0.15) is 17.4 Å². The molecule has 2 aliphatic rings. The fourth-order valence-corrected chi connectivity index (χ4v) is 3.57. The molecule has 0 amide bonds. The van der Waals surface area contributed by atoms with E-state index in [0.717, 1.165) is 33.5 Å². The molecule has 0 fully saturated rings. The molecular formula is C23H18ClNO2. The van der Waals surface area contributed by atoms with Gasteiger partial charge in [0.15, 0.2) is 0 Å². The maximum atomic E-state index is 12.8. The number of fused-ring (bicyclic) bond motifs is 1. The molecule has 2 aromatic rings. The van der Waals surface area contributed by atoms with Gasteiger partial charge in [0.05, 0.1) is 12.3 Å². The number of esters is 1. The molecule has 1 heterocycles. The van der Waals surface area contributed by atoms with Crippen LogP contribution in [-0.2, 0) is 4.74 Å². The van der Waals surface area contributed by atoms with Gasteiger partial charge >= 0.3 is 5.97 Å². The summed E-state index contributed by atoms with van der Waals surface area (Å²) in [4.78, 5) is 16.1. The number of benzene rings is 2. The second-order valence-electron chi connectivity index (χ2n) is 6.20.